The van der Waals surface area contributed by atoms with Crippen LogP contribution in [0.3, 0.4) is 0 Å². The Balaban J connectivity index is 1.23. The van der Waals surface area contributed by atoms with Crippen molar-refractivity contribution in [2.24, 2.45) is 0 Å². The maximum Gasteiger partial charge on any atom is 0.258 e. The monoisotopic (exact) mass is 394 g/mol. The molecule has 0 aliphatic carbocycles. The third kappa shape index (κ3) is 4.93. The van der Waals surface area contributed by atoms with Gasteiger partial charge in [-0.25, -0.2) is 4.98 Å². The van der Waals surface area contributed by atoms with E-state index in [0.717, 1.165) is 55.6 Å². The van der Waals surface area contributed by atoms with E-state index in [1.807, 2.05) is 42.5 Å². The molecular formula is C22H26N4O3. The molecule has 0 spiro atoms. The predicted molar refractivity (Wildman–Crippen MR) is 113 cm³/mol. The lowest BCUT2D eigenvalue weighted by molar-refractivity contribution is 0.111. The highest BCUT2D eigenvalue weighted by molar-refractivity contribution is 5.77. The van der Waals surface area contributed by atoms with Crippen LogP contribution in [-0.4, -0.2) is 66.2 Å². The van der Waals surface area contributed by atoms with Crippen LogP contribution in [-0.2, 0) is 6.54 Å². The molecular weight excluding hydrogens is 368 g/mol. The second-order valence-corrected chi connectivity index (χ2v) is 7.17. The zero-order chi connectivity index (χ0) is 20.1. The Bertz CT molecular complexity index is 995. The smallest absolute Gasteiger partial charge is 0.258 e. The van der Waals surface area contributed by atoms with Gasteiger partial charge in [0, 0.05) is 32.7 Å². The van der Waals surface area contributed by atoms with Gasteiger partial charge in [0.15, 0.2) is 0 Å². The number of hydrogen-bond donors (Lipinski definition) is 1. The van der Waals surface area contributed by atoms with Crippen LogP contribution in [0.15, 0.2) is 53.3 Å². The molecule has 1 aliphatic heterocycles. The standard InChI is InChI=1S/C22H26N4O3/c1-28-17-6-8-18(9-7-17)29-15-14-25-10-12-26(13-11-25)16-21-23-20-5-3-2-4-19(20)22(27)24-21/h2-9H,10-16H2,1H3,(H,23,24,27). The van der Waals surface area contributed by atoms with Gasteiger partial charge in [-0.15, -0.1) is 0 Å². The molecule has 152 valence electrons. The van der Waals surface area contributed by atoms with E-state index in [1.165, 1.54) is 0 Å². The molecule has 0 unspecified atom stereocenters. The first-order valence-corrected chi connectivity index (χ1v) is 9.91. The summed E-state index contributed by atoms with van der Waals surface area (Å²) in [5, 5.41) is 0.637. The largest absolute Gasteiger partial charge is 0.497 e. The lowest BCUT2D eigenvalue weighted by Gasteiger charge is -2.34. The van der Waals surface area contributed by atoms with Gasteiger partial charge in [-0.05, 0) is 36.4 Å². The highest BCUT2D eigenvalue weighted by atomic mass is 16.5. The first-order chi connectivity index (χ1) is 14.2. The van der Waals surface area contributed by atoms with Crippen molar-refractivity contribution in [3.05, 3.63) is 64.7 Å². The van der Waals surface area contributed by atoms with Crippen LogP contribution < -0.4 is 15.0 Å². The van der Waals surface area contributed by atoms with E-state index in [1.54, 1.807) is 13.2 Å². The average molecular weight is 394 g/mol. The summed E-state index contributed by atoms with van der Waals surface area (Å²) < 4.78 is 11.0. The molecule has 0 atom stereocenters. The van der Waals surface area contributed by atoms with Crippen molar-refractivity contribution in [1.82, 2.24) is 19.8 Å². The van der Waals surface area contributed by atoms with E-state index in [2.05, 4.69) is 19.8 Å². The molecule has 7 heteroatoms. The Morgan fingerprint density at radius 2 is 1.66 bits per heavy atom. The van der Waals surface area contributed by atoms with Gasteiger partial charge in [0.05, 0.1) is 24.6 Å². The second-order valence-electron chi connectivity index (χ2n) is 7.17. The fourth-order valence-electron chi connectivity index (χ4n) is 3.56. The number of hydrogen-bond acceptors (Lipinski definition) is 6. The molecule has 29 heavy (non-hydrogen) atoms. The number of aromatic amines is 1. The summed E-state index contributed by atoms with van der Waals surface area (Å²) in [6.45, 7) is 6.05. The first kappa shape index (κ1) is 19.4. The number of nitrogens with one attached hydrogen (secondary N) is 1. The number of fused-ring (bicyclic) bond motifs is 1. The van der Waals surface area contributed by atoms with Crippen LogP contribution >= 0.6 is 0 Å². The maximum absolute atomic E-state index is 12.2. The van der Waals surface area contributed by atoms with Crippen molar-refractivity contribution in [3.63, 3.8) is 0 Å². The molecule has 7 nitrogen and oxygen atoms in total. The topological polar surface area (TPSA) is 70.7 Å². The Morgan fingerprint density at radius 3 is 2.41 bits per heavy atom. The molecule has 2 aromatic carbocycles. The zero-order valence-electron chi connectivity index (χ0n) is 16.6. The van der Waals surface area contributed by atoms with Crippen molar-refractivity contribution >= 4 is 10.9 Å². The second kappa shape index (κ2) is 9.07. The number of benzene rings is 2. The van der Waals surface area contributed by atoms with Crippen LogP contribution in [0.2, 0.25) is 0 Å². The van der Waals surface area contributed by atoms with E-state index < -0.39 is 0 Å². The molecule has 1 aliphatic rings. The summed E-state index contributed by atoms with van der Waals surface area (Å²) in [5.41, 5.74) is 0.681. The van der Waals surface area contributed by atoms with Crippen LogP contribution in [0, 0.1) is 0 Å². The molecule has 1 fully saturated rings. The van der Waals surface area contributed by atoms with Gasteiger partial charge in [-0.3, -0.25) is 14.6 Å². The highest BCUT2D eigenvalue weighted by Gasteiger charge is 2.18. The molecule has 1 saturated heterocycles. The number of aromatic nitrogens is 2. The summed E-state index contributed by atoms with van der Waals surface area (Å²) in [4.78, 5) is 24.5. The number of methoxy groups -OCH3 is 1. The third-order valence-corrected chi connectivity index (χ3v) is 5.24. The number of H-pyrrole nitrogens is 1. The predicted octanol–water partition coefficient (Wildman–Crippen LogP) is 2.13. The average Bonchev–Trinajstić information content (AvgIpc) is 2.75. The van der Waals surface area contributed by atoms with E-state index in [9.17, 15) is 4.79 Å². The quantitative estimate of drug-likeness (QED) is 0.662. The normalized spacial score (nSPS) is 15.5. The number of ether oxygens (including phenoxy) is 2. The van der Waals surface area contributed by atoms with Gasteiger partial charge in [0.1, 0.15) is 23.9 Å². The van der Waals surface area contributed by atoms with Gasteiger partial charge in [-0.2, -0.15) is 0 Å². The van der Waals surface area contributed by atoms with E-state index >= 15 is 0 Å². The highest BCUT2D eigenvalue weighted by Crippen LogP contribution is 2.17. The fourth-order valence-corrected chi connectivity index (χ4v) is 3.56. The van der Waals surface area contributed by atoms with Crippen molar-refractivity contribution in [2.45, 2.75) is 6.54 Å². The van der Waals surface area contributed by atoms with Gasteiger partial charge >= 0.3 is 0 Å². The van der Waals surface area contributed by atoms with Crippen LogP contribution in [0.4, 0.5) is 0 Å². The molecule has 4 rings (SSSR count). The number of piperazine rings is 1. The maximum atomic E-state index is 12.2. The molecule has 0 saturated carbocycles. The molecule has 1 aromatic heterocycles. The van der Waals surface area contributed by atoms with E-state index in [4.69, 9.17) is 9.47 Å². The minimum absolute atomic E-state index is 0.0695. The van der Waals surface area contributed by atoms with Crippen LogP contribution in [0.1, 0.15) is 5.82 Å². The zero-order valence-corrected chi connectivity index (χ0v) is 16.6. The molecule has 1 N–H and O–H groups in total. The van der Waals surface area contributed by atoms with Crippen LogP contribution in [0.25, 0.3) is 10.9 Å². The van der Waals surface area contributed by atoms with Crippen LogP contribution in [0.5, 0.6) is 11.5 Å². The summed E-state index contributed by atoms with van der Waals surface area (Å²) in [6.07, 6.45) is 0. The number of rotatable bonds is 7. The summed E-state index contributed by atoms with van der Waals surface area (Å²) in [6, 6.07) is 15.1. The molecule has 0 radical (unpaired) electrons. The van der Waals surface area contributed by atoms with Gasteiger partial charge in [0.25, 0.3) is 5.56 Å². The Hall–Kier alpha value is -2.90. The minimum Gasteiger partial charge on any atom is -0.497 e. The van der Waals surface area contributed by atoms with E-state index in [-0.39, 0.29) is 5.56 Å². The molecule has 0 bridgehead atoms. The van der Waals surface area contributed by atoms with Crippen molar-refractivity contribution in [2.75, 3.05) is 46.4 Å². The fraction of sp³-hybridized carbons (Fsp3) is 0.364. The molecule has 2 heterocycles. The molecule has 3 aromatic rings. The lowest BCUT2D eigenvalue weighted by atomic mass is 10.2. The Kier molecular flexibility index (Phi) is 6.07. The van der Waals surface area contributed by atoms with Crippen molar-refractivity contribution < 1.29 is 9.47 Å². The van der Waals surface area contributed by atoms with Gasteiger partial charge in [-0.1, -0.05) is 12.1 Å². The van der Waals surface area contributed by atoms with Crippen molar-refractivity contribution in [3.8, 4) is 11.5 Å². The minimum atomic E-state index is -0.0695. The Morgan fingerprint density at radius 1 is 0.966 bits per heavy atom. The lowest BCUT2D eigenvalue weighted by Crippen LogP contribution is -2.47. The number of para-hydroxylation sites is 1. The van der Waals surface area contributed by atoms with Crippen molar-refractivity contribution in [1.29, 1.82) is 0 Å². The third-order valence-electron chi connectivity index (χ3n) is 5.24. The summed E-state index contributed by atoms with van der Waals surface area (Å²) in [5.74, 6) is 2.41. The summed E-state index contributed by atoms with van der Waals surface area (Å²) >= 11 is 0. The van der Waals surface area contributed by atoms with Gasteiger partial charge < -0.3 is 14.5 Å². The Labute approximate surface area is 169 Å². The van der Waals surface area contributed by atoms with Gasteiger partial charge in [0.2, 0.25) is 0 Å². The molecule has 0 amide bonds. The van der Waals surface area contributed by atoms with E-state index in [0.29, 0.717) is 18.5 Å². The first-order valence-electron chi connectivity index (χ1n) is 9.91. The summed E-state index contributed by atoms with van der Waals surface area (Å²) in [7, 11) is 1.66. The SMILES string of the molecule is COc1ccc(OCCN2CCN(Cc3nc4ccccc4c(=O)[nH]3)CC2)cc1. The number of nitrogens with zero attached hydrogens (tertiary/aromatic N) is 3.